The van der Waals surface area contributed by atoms with E-state index >= 15 is 0 Å². The van der Waals surface area contributed by atoms with E-state index in [1.807, 2.05) is 24.3 Å². The number of nitrogens with two attached hydrogens (primary N) is 1. The average Bonchev–Trinajstić information content (AvgIpc) is 2.37. The Balaban J connectivity index is 2.57. The van der Waals surface area contributed by atoms with Crippen molar-refractivity contribution >= 4 is 0 Å². The van der Waals surface area contributed by atoms with E-state index in [4.69, 9.17) is 17.0 Å². The van der Waals surface area contributed by atoms with Crippen molar-refractivity contribution in [3.63, 3.8) is 0 Å². The van der Waals surface area contributed by atoms with Crippen molar-refractivity contribution in [3.8, 4) is 18.1 Å². The summed E-state index contributed by atoms with van der Waals surface area (Å²) >= 11 is 0. The topological polar surface area (TPSA) is 47.3 Å². The maximum absolute atomic E-state index is 5.58. The highest BCUT2D eigenvalue weighted by molar-refractivity contribution is 5.29. The number of hydrogen-bond donors (Lipinski definition) is 2. The van der Waals surface area contributed by atoms with Crippen molar-refractivity contribution in [1.29, 1.82) is 0 Å². The normalized spacial score (nSPS) is 11.8. The molecular weight excluding hydrogens is 212 g/mol. The van der Waals surface area contributed by atoms with Crippen LogP contribution < -0.4 is 16.0 Å². The Hall–Kier alpha value is -1.50. The van der Waals surface area contributed by atoms with Crippen LogP contribution in [0.1, 0.15) is 37.8 Å². The zero-order chi connectivity index (χ0) is 12.5. The Morgan fingerprint density at radius 2 is 2.12 bits per heavy atom. The van der Waals surface area contributed by atoms with Crippen LogP contribution in [-0.4, -0.2) is 6.61 Å². The number of benzene rings is 1. The number of terminal acetylenes is 1. The van der Waals surface area contributed by atoms with Gasteiger partial charge in [-0.05, 0) is 24.1 Å². The molecule has 0 aromatic heterocycles. The lowest BCUT2D eigenvalue weighted by Gasteiger charge is -2.14. The monoisotopic (exact) mass is 232 g/mol. The quantitative estimate of drug-likeness (QED) is 0.328. The van der Waals surface area contributed by atoms with Gasteiger partial charge in [0, 0.05) is 6.42 Å². The first-order chi connectivity index (χ1) is 8.31. The lowest BCUT2D eigenvalue weighted by molar-refractivity contribution is 0.309. The number of hydrogen-bond acceptors (Lipinski definition) is 3. The molecule has 0 heterocycles. The van der Waals surface area contributed by atoms with E-state index in [1.54, 1.807) is 0 Å². The molecule has 1 rings (SSSR count). The van der Waals surface area contributed by atoms with Crippen LogP contribution in [0.25, 0.3) is 0 Å². The zero-order valence-electron chi connectivity index (χ0n) is 10.3. The van der Waals surface area contributed by atoms with Crippen LogP contribution >= 0.6 is 0 Å². The number of ether oxygens (including phenoxy) is 1. The molecule has 0 bridgehead atoms. The highest BCUT2D eigenvalue weighted by Gasteiger charge is 2.07. The zero-order valence-corrected chi connectivity index (χ0v) is 10.3. The smallest absolute Gasteiger partial charge is 0.119 e. The molecule has 0 aliphatic carbocycles. The Morgan fingerprint density at radius 1 is 1.41 bits per heavy atom. The third kappa shape index (κ3) is 4.48. The minimum Gasteiger partial charge on any atom is -0.494 e. The Bertz CT molecular complexity index is 353. The van der Waals surface area contributed by atoms with Gasteiger partial charge in [0.15, 0.2) is 0 Å². The van der Waals surface area contributed by atoms with Crippen molar-refractivity contribution in [1.82, 2.24) is 5.43 Å². The third-order valence-corrected chi connectivity index (χ3v) is 2.57. The van der Waals surface area contributed by atoms with Crippen LogP contribution in [0.3, 0.4) is 0 Å². The summed E-state index contributed by atoms with van der Waals surface area (Å²) < 4.78 is 5.58. The highest BCUT2D eigenvalue weighted by atomic mass is 16.5. The summed E-state index contributed by atoms with van der Waals surface area (Å²) in [5.74, 6) is 8.94. The van der Waals surface area contributed by atoms with Gasteiger partial charge >= 0.3 is 0 Å². The highest BCUT2D eigenvalue weighted by Crippen LogP contribution is 2.19. The Kier molecular flexibility index (Phi) is 6.16. The van der Waals surface area contributed by atoms with Crippen molar-refractivity contribution in [2.24, 2.45) is 5.84 Å². The molecule has 3 nitrogen and oxygen atoms in total. The van der Waals surface area contributed by atoms with E-state index in [1.165, 1.54) is 0 Å². The number of nitrogens with one attached hydrogen (secondary N) is 1. The van der Waals surface area contributed by atoms with Crippen molar-refractivity contribution < 1.29 is 4.74 Å². The largest absolute Gasteiger partial charge is 0.494 e. The summed E-state index contributed by atoms with van der Waals surface area (Å²) in [4.78, 5) is 0. The first kappa shape index (κ1) is 13.6. The molecule has 1 atom stereocenters. The van der Waals surface area contributed by atoms with E-state index in [2.05, 4.69) is 18.3 Å². The summed E-state index contributed by atoms with van der Waals surface area (Å²) in [5.41, 5.74) is 3.78. The molecule has 0 saturated heterocycles. The van der Waals surface area contributed by atoms with Crippen LogP contribution in [0, 0.1) is 12.3 Å². The van der Waals surface area contributed by atoms with Crippen LogP contribution in [-0.2, 0) is 0 Å². The van der Waals surface area contributed by atoms with Crippen molar-refractivity contribution in [2.75, 3.05) is 6.61 Å². The van der Waals surface area contributed by atoms with Crippen molar-refractivity contribution in [3.05, 3.63) is 29.8 Å². The van der Waals surface area contributed by atoms with Crippen LogP contribution in [0.2, 0.25) is 0 Å². The molecule has 3 heteroatoms. The van der Waals surface area contributed by atoms with E-state index in [-0.39, 0.29) is 6.04 Å². The second-order valence-corrected chi connectivity index (χ2v) is 3.90. The fraction of sp³-hybridized carbons (Fsp3) is 0.429. The minimum absolute atomic E-state index is 0.00434. The van der Waals surface area contributed by atoms with E-state index in [0.717, 1.165) is 30.8 Å². The van der Waals surface area contributed by atoms with E-state index < -0.39 is 0 Å². The molecule has 92 valence electrons. The predicted molar refractivity (Wildman–Crippen MR) is 70.4 cm³/mol. The van der Waals surface area contributed by atoms with E-state index in [9.17, 15) is 0 Å². The molecule has 0 saturated carbocycles. The van der Waals surface area contributed by atoms with Crippen LogP contribution in [0.4, 0.5) is 0 Å². The minimum atomic E-state index is 0.00434. The standard InChI is InChI=1S/C14H20N2O/c1-3-5-11-17-13-9-7-12(8-10-13)14(16-15)6-4-2/h2,7-10,14,16H,3,5-6,11,15H2,1H3. The number of rotatable bonds is 7. The summed E-state index contributed by atoms with van der Waals surface area (Å²) in [6.07, 6.45) is 8.07. The Labute approximate surface area is 103 Å². The van der Waals surface area contributed by atoms with Gasteiger partial charge in [-0.2, -0.15) is 0 Å². The van der Waals surface area contributed by atoms with Gasteiger partial charge in [-0.1, -0.05) is 25.5 Å². The first-order valence-electron chi connectivity index (χ1n) is 5.94. The van der Waals surface area contributed by atoms with Gasteiger partial charge in [0.1, 0.15) is 5.75 Å². The molecule has 0 spiro atoms. The van der Waals surface area contributed by atoms with Gasteiger partial charge in [0.05, 0.1) is 12.6 Å². The SMILES string of the molecule is C#CCC(NN)c1ccc(OCCCC)cc1. The maximum Gasteiger partial charge on any atom is 0.119 e. The molecule has 1 aromatic rings. The lowest BCUT2D eigenvalue weighted by Crippen LogP contribution is -2.27. The van der Waals surface area contributed by atoms with Gasteiger partial charge < -0.3 is 4.74 Å². The molecule has 17 heavy (non-hydrogen) atoms. The van der Waals surface area contributed by atoms with E-state index in [0.29, 0.717) is 6.42 Å². The molecule has 0 radical (unpaired) electrons. The number of hydrazine groups is 1. The predicted octanol–water partition coefficient (Wildman–Crippen LogP) is 2.39. The van der Waals surface area contributed by atoms with Gasteiger partial charge in [0.2, 0.25) is 0 Å². The second-order valence-electron chi connectivity index (χ2n) is 3.90. The lowest BCUT2D eigenvalue weighted by atomic mass is 10.0. The van der Waals surface area contributed by atoms with Crippen LogP contribution in [0.15, 0.2) is 24.3 Å². The third-order valence-electron chi connectivity index (χ3n) is 2.57. The fourth-order valence-electron chi connectivity index (χ4n) is 1.52. The summed E-state index contributed by atoms with van der Waals surface area (Å²) in [7, 11) is 0. The van der Waals surface area contributed by atoms with Gasteiger partial charge in [-0.15, -0.1) is 12.3 Å². The Morgan fingerprint density at radius 3 is 2.65 bits per heavy atom. The maximum atomic E-state index is 5.58. The van der Waals surface area contributed by atoms with Gasteiger partial charge in [-0.25, -0.2) is 0 Å². The summed E-state index contributed by atoms with van der Waals surface area (Å²) in [6.45, 7) is 2.91. The molecule has 0 amide bonds. The average molecular weight is 232 g/mol. The molecule has 0 aliphatic rings. The van der Waals surface area contributed by atoms with Crippen molar-refractivity contribution in [2.45, 2.75) is 32.2 Å². The van der Waals surface area contributed by atoms with Gasteiger partial charge in [0.25, 0.3) is 0 Å². The second kappa shape index (κ2) is 7.72. The first-order valence-corrected chi connectivity index (χ1v) is 5.94. The molecule has 0 fully saturated rings. The summed E-state index contributed by atoms with van der Waals surface area (Å²) in [5, 5.41) is 0. The molecular formula is C14H20N2O. The molecule has 1 aromatic carbocycles. The summed E-state index contributed by atoms with van der Waals surface area (Å²) in [6, 6.07) is 7.88. The molecule has 1 unspecified atom stereocenters. The van der Waals surface area contributed by atoms with Crippen LogP contribution in [0.5, 0.6) is 5.75 Å². The fourth-order valence-corrected chi connectivity index (χ4v) is 1.52. The molecule has 0 aliphatic heterocycles. The van der Waals surface area contributed by atoms with Gasteiger partial charge in [-0.3, -0.25) is 11.3 Å². The number of unbranched alkanes of at least 4 members (excludes halogenated alkanes) is 1. The molecule has 3 N–H and O–H groups in total.